The molecule has 0 aliphatic carbocycles. The summed E-state index contributed by atoms with van der Waals surface area (Å²) >= 11 is 6.13. The largest absolute Gasteiger partial charge is 0.394 e. The van der Waals surface area contributed by atoms with Crippen LogP contribution in [-0.2, 0) is 26.1 Å². The first-order valence-electron chi connectivity index (χ1n) is 33.9. The maximum atomic E-state index is 14.7. The van der Waals surface area contributed by atoms with Crippen LogP contribution >= 0.6 is 57.0 Å². The van der Waals surface area contributed by atoms with Gasteiger partial charge in [0.25, 0.3) is 0 Å². The Morgan fingerprint density at radius 2 is 0.648 bits per heavy atom. The third-order valence-corrected chi connectivity index (χ3v) is 27.1. The number of aliphatic hydroxyl groups is 10. The van der Waals surface area contributed by atoms with Gasteiger partial charge in [0.15, 0.2) is 0 Å². The predicted octanol–water partition coefficient (Wildman–Crippen LogP) is 9.16. The number of hydrogen-bond acceptors (Lipinski definition) is 18. The van der Waals surface area contributed by atoms with E-state index < -0.39 is 89.0 Å². The number of benzene rings is 9. The van der Waals surface area contributed by atoms with Crippen molar-refractivity contribution in [1.29, 1.82) is 0 Å². The average Bonchev–Trinajstić information content (AvgIpc) is 0.763. The van der Waals surface area contributed by atoms with Crippen molar-refractivity contribution in [2.45, 2.75) is 124 Å². The van der Waals surface area contributed by atoms with Crippen LogP contribution in [-0.4, -0.2) is 162 Å². The lowest BCUT2D eigenvalue weighted by molar-refractivity contribution is -0.118. The highest BCUT2D eigenvalue weighted by molar-refractivity contribution is 14.0. The number of carbonyl (C=O) groups is 3. The van der Waals surface area contributed by atoms with E-state index >= 15 is 0 Å². The van der Waals surface area contributed by atoms with Gasteiger partial charge in [-0.25, -0.2) is 0 Å². The first-order chi connectivity index (χ1) is 49.3. The van der Waals surface area contributed by atoms with Gasteiger partial charge in [0, 0.05) is 74.0 Å². The second-order valence-corrected chi connectivity index (χ2v) is 34.2. The van der Waals surface area contributed by atoms with Crippen LogP contribution in [0, 0.1) is 62.3 Å². The second-order valence-electron chi connectivity index (χ2n) is 26.0. The van der Waals surface area contributed by atoms with Crippen molar-refractivity contribution in [3.05, 3.63) is 284 Å². The van der Waals surface area contributed by atoms with Gasteiger partial charge in [-0.3, -0.25) is 19.3 Å². The zero-order chi connectivity index (χ0) is 77.0. The number of aryl methyl sites for hydroxylation is 7. The monoisotopic (exact) mass is 1620 g/mol. The summed E-state index contributed by atoms with van der Waals surface area (Å²) in [6.45, 7) is 16.1. The summed E-state index contributed by atoms with van der Waals surface area (Å²) in [5, 5.41) is 99.8. The molecule has 0 aliphatic rings. The smallest absolute Gasteiger partial charge is 0.230 e. The third-order valence-electron chi connectivity index (χ3n) is 18.3. The van der Waals surface area contributed by atoms with Crippen LogP contribution in [0.5, 0.6) is 0 Å². The van der Waals surface area contributed by atoms with Gasteiger partial charge in [-0.05, 0) is 132 Å². The van der Waals surface area contributed by atoms with Crippen molar-refractivity contribution in [2.24, 2.45) is 0 Å². The molecule has 9 rings (SSSR count). The fraction of sp³-hybridized carbons (Fsp3) is 0.305. The van der Waals surface area contributed by atoms with E-state index in [-0.39, 0.29) is 48.1 Å². The molecule has 9 aromatic rings. The van der Waals surface area contributed by atoms with Crippen LogP contribution in [0.3, 0.4) is 0 Å². The Morgan fingerprint density at radius 3 is 0.933 bits per heavy atom. The highest BCUT2D eigenvalue weighted by Gasteiger charge is 2.42. The fourth-order valence-corrected chi connectivity index (χ4v) is 21.0. The van der Waals surface area contributed by atoms with Gasteiger partial charge >= 0.3 is 0 Å². The molecule has 0 heterocycles. The minimum Gasteiger partial charge on any atom is -0.394 e. The van der Waals surface area contributed by atoms with E-state index in [0.29, 0.717) is 72.1 Å². The van der Waals surface area contributed by atoms with E-state index in [2.05, 4.69) is 5.32 Å². The van der Waals surface area contributed by atoms with Crippen molar-refractivity contribution >= 4 is 105 Å². The Labute approximate surface area is 638 Å². The molecule has 0 aliphatic heterocycles. The van der Waals surface area contributed by atoms with Gasteiger partial charge in [-0.1, -0.05) is 212 Å². The normalized spacial score (nSPS) is 13.8. The third kappa shape index (κ3) is 21.1. The Bertz CT molecular complexity index is 4320. The van der Waals surface area contributed by atoms with Crippen LogP contribution in [0.2, 0.25) is 0 Å². The molecule has 8 atom stereocenters. The second kappa shape index (κ2) is 41.0. The highest BCUT2D eigenvalue weighted by Crippen LogP contribution is 2.51. The molecule has 23 heteroatoms. The molecular formula is C82H99ClIN2O16P3. The van der Waals surface area contributed by atoms with Crippen molar-refractivity contribution in [1.82, 2.24) is 10.2 Å². The van der Waals surface area contributed by atoms with Gasteiger partial charge in [-0.2, -0.15) is 0 Å². The first-order valence-corrected chi connectivity index (χ1v) is 39.6. The Hall–Kier alpha value is -6.78. The predicted molar refractivity (Wildman–Crippen MR) is 432 cm³/mol. The zero-order valence-corrected chi connectivity index (χ0v) is 66.8. The van der Waals surface area contributed by atoms with Crippen molar-refractivity contribution in [2.75, 3.05) is 40.4 Å². The summed E-state index contributed by atoms with van der Waals surface area (Å²) in [4.78, 5) is 43.3. The van der Waals surface area contributed by atoms with Gasteiger partial charge in [-0.15, -0.1) is 35.6 Å². The molecule has 0 spiro atoms. The molecule has 0 saturated carbocycles. The number of halogens is 2. The van der Waals surface area contributed by atoms with E-state index in [1.54, 1.807) is 116 Å². The topological polar surface area (TPSA) is 320 Å². The van der Waals surface area contributed by atoms with E-state index in [4.69, 9.17) is 37.1 Å². The number of nitrogens with one attached hydrogen (secondary N) is 1. The molecule has 105 heavy (non-hydrogen) atoms. The number of alkyl halides is 1. The molecule has 11 N–H and O–H groups in total. The molecule has 0 radical (unpaired) electrons. The Balaban J connectivity index is 0.000000265. The van der Waals surface area contributed by atoms with E-state index in [9.17, 15) is 53.6 Å². The van der Waals surface area contributed by atoms with Crippen LogP contribution in [0.1, 0.15) is 92.3 Å². The molecule has 0 amide bonds. The zero-order valence-electron chi connectivity index (χ0n) is 61.0. The lowest BCUT2D eigenvalue weighted by Crippen LogP contribution is -2.49. The Morgan fingerprint density at radius 1 is 0.390 bits per heavy atom. The number of nitrogens with zero attached hydrogens (tertiary/aromatic N) is 1. The fourth-order valence-electron chi connectivity index (χ4n) is 12.7. The highest BCUT2D eigenvalue weighted by atomic mass is 127. The molecular weight excluding hydrogens is 1520 g/mol. The van der Waals surface area contributed by atoms with Gasteiger partial charge in [0.1, 0.15) is 36.6 Å². The number of aliphatic hydroxyl groups excluding tert-OH is 10. The van der Waals surface area contributed by atoms with Crippen molar-refractivity contribution in [3.63, 3.8) is 0 Å². The summed E-state index contributed by atoms with van der Waals surface area (Å²) in [6, 6.07) is 61.6. The molecule has 0 bridgehead atoms. The van der Waals surface area contributed by atoms with Crippen LogP contribution in [0.15, 0.2) is 206 Å². The average molecular weight is 1620 g/mol. The van der Waals surface area contributed by atoms with E-state index in [1.165, 1.54) is 0 Å². The summed E-state index contributed by atoms with van der Waals surface area (Å²) in [7, 11) is -7.39. The molecule has 562 valence electrons. The maximum absolute atomic E-state index is 14.7. The lowest BCUT2D eigenvalue weighted by Gasteiger charge is -2.29. The number of likely N-dealkylation sites (N-methyl/N-ethyl adjacent to an activating group) is 2. The lowest BCUT2D eigenvalue weighted by atomic mass is 9.93. The molecule has 9 aromatic carbocycles. The van der Waals surface area contributed by atoms with Crippen molar-refractivity contribution < 1.29 is 79.1 Å². The quantitative estimate of drug-likeness (QED) is 0.0130. The van der Waals surface area contributed by atoms with Gasteiger partial charge < -0.3 is 70.1 Å². The molecule has 0 aromatic heterocycles. The van der Waals surface area contributed by atoms with Crippen LogP contribution < -0.4 is 37.1 Å². The summed E-state index contributed by atoms with van der Waals surface area (Å²) < 4.78 is 43.2. The van der Waals surface area contributed by atoms with Crippen LogP contribution in [0.4, 0.5) is 0 Å². The van der Waals surface area contributed by atoms with Gasteiger partial charge in [0.05, 0.1) is 25.4 Å². The van der Waals surface area contributed by atoms with E-state index in [1.807, 2.05) is 172 Å². The number of carbonyl (C=O) groups excluding carboxylic acids is 3. The molecule has 0 fully saturated rings. The van der Waals surface area contributed by atoms with Crippen LogP contribution in [0.25, 0.3) is 0 Å². The SMILES string of the molecule is CNCC(O)C(O)C(O)C(O)CO.Cc1cc(C)c(C(=O)P(=O)(c2ccccc2)c2ccccc2)c(C)c1.Cc1cc(C)c(C(=O)P(=O)(c2ccccc2)c2ccccc2)c(C)c1CCl.Cc1cc(C)c(C(=O)P(=O)(c2ccccc2)c2ccccc2)c(C)c1CN(C)CC(O)C(O)C(O)C(O)CO.I. The first kappa shape index (κ1) is 88.8. The summed E-state index contributed by atoms with van der Waals surface area (Å²) in [6.07, 6.45) is -12.0. The Kier molecular flexibility index (Phi) is 34.7. The van der Waals surface area contributed by atoms with E-state index in [0.717, 1.165) is 50.1 Å². The minimum atomic E-state index is -3.72. The standard InChI is InChI=1S/C30H38NO7P.C23H22ClO2P.C22H21O2P.C7H17NO5.HI/c1-19-15-20(2)27(21(3)24(19)16-31(4)17-25(33)28(35)29(36)26(34)18-32)30(37)39(38,22-11-7-5-8-12-22)23-13-9-6-10-14-23;1-16-14-17(2)22(18(3)21(16)15-24)23(25)27(26,19-10-6-4-7-11-19)20-12-8-5-9-13-20;1-16-14-17(2)21(18(3)15-16)22(23)25(24,19-10-6-4-7-11-19)20-12-8-5-9-13-20;1-8-2-4(10)6(12)7(13)5(11)3-9;/h5-15,25-26,28-29,32-36H,16-18H2,1-4H3;4-14H,15H2,1-3H3;4-15H,1-3H3;4-13H,2-3H2,1H3;1H. The minimum absolute atomic E-state index is 0. The molecule has 8 unspecified atom stereocenters. The van der Waals surface area contributed by atoms with Gasteiger partial charge in [0.2, 0.25) is 38.0 Å². The summed E-state index contributed by atoms with van der Waals surface area (Å²) in [5.41, 5.74) is 10.00. The van der Waals surface area contributed by atoms with Crippen molar-refractivity contribution in [3.8, 4) is 0 Å². The molecule has 18 nitrogen and oxygen atoms in total. The summed E-state index contributed by atoms with van der Waals surface area (Å²) in [5.74, 6) is 0.319. The maximum Gasteiger partial charge on any atom is 0.230 e. The number of hydrogen-bond donors (Lipinski definition) is 11. The number of rotatable bonds is 27. The molecule has 0 saturated heterocycles.